The normalized spacial score (nSPS) is 13.7. The maximum absolute atomic E-state index is 10.9. The van der Waals surface area contributed by atoms with Crippen molar-refractivity contribution in [1.29, 1.82) is 0 Å². The van der Waals surface area contributed by atoms with Gasteiger partial charge >= 0.3 is 5.97 Å². The molecule has 1 aromatic rings. The third kappa shape index (κ3) is 2.84. The number of carbonyl (C=O) groups is 1. The van der Waals surface area contributed by atoms with E-state index in [-0.39, 0.29) is 0 Å². The van der Waals surface area contributed by atoms with Crippen molar-refractivity contribution >= 4 is 21.9 Å². The van der Waals surface area contributed by atoms with Crippen LogP contribution in [0.15, 0.2) is 28.7 Å². The van der Waals surface area contributed by atoms with Gasteiger partial charge in [-0.05, 0) is 19.1 Å². The van der Waals surface area contributed by atoms with E-state index in [4.69, 9.17) is 11.2 Å². The number of hydrogen-bond acceptors (Lipinski definition) is 2. The molecule has 0 radical (unpaired) electrons. The molecule has 1 rings (SSSR count). The summed E-state index contributed by atoms with van der Waals surface area (Å²) < 4.78 is 6.07. The second-order valence-corrected chi connectivity index (χ2v) is 4.19. The van der Waals surface area contributed by atoms with Gasteiger partial charge in [-0.2, -0.15) is 0 Å². The fourth-order valence-electron chi connectivity index (χ4n) is 1.23. The highest BCUT2D eigenvalue weighted by Crippen LogP contribution is 2.26. The molecule has 1 atom stereocenters. The van der Waals surface area contributed by atoms with E-state index in [9.17, 15) is 4.79 Å². The lowest BCUT2D eigenvalue weighted by atomic mass is 9.97. The lowest BCUT2D eigenvalue weighted by Crippen LogP contribution is -2.26. The van der Waals surface area contributed by atoms with E-state index in [1.54, 1.807) is 6.92 Å². The lowest BCUT2D eigenvalue weighted by molar-refractivity contribution is -0.151. The number of benzene rings is 1. The first-order valence-electron chi connectivity index (χ1n) is 4.41. The Morgan fingerprint density at radius 2 is 2.00 bits per heavy atom. The Kier molecular flexibility index (Phi) is 3.54. The predicted molar refractivity (Wildman–Crippen MR) is 62.1 cm³/mol. The second kappa shape index (κ2) is 4.50. The van der Waals surface area contributed by atoms with Gasteiger partial charge in [0, 0.05) is 17.0 Å². The number of hydrogen-bond donors (Lipinski definition) is 0. The van der Waals surface area contributed by atoms with E-state index in [2.05, 4.69) is 21.9 Å². The number of rotatable bonds is 2. The van der Waals surface area contributed by atoms with E-state index >= 15 is 0 Å². The molecule has 0 spiro atoms. The smallest absolute Gasteiger partial charge is 0.304 e. The third-order valence-electron chi connectivity index (χ3n) is 2.02. The number of ether oxygens (including phenoxy) is 1. The molecule has 0 saturated heterocycles. The van der Waals surface area contributed by atoms with Crippen LogP contribution in [-0.4, -0.2) is 5.97 Å². The van der Waals surface area contributed by atoms with Crippen LogP contribution in [0.1, 0.15) is 19.4 Å². The zero-order chi connectivity index (χ0) is 11.5. The van der Waals surface area contributed by atoms with Crippen molar-refractivity contribution in [3.05, 3.63) is 34.3 Å². The van der Waals surface area contributed by atoms with Crippen LogP contribution in [0, 0.1) is 12.3 Å². The average molecular weight is 267 g/mol. The summed E-state index contributed by atoms with van der Waals surface area (Å²) in [6.45, 7) is 3.03. The molecule has 1 aromatic carbocycles. The fraction of sp³-hybridized carbons (Fsp3) is 0.250. The van der Waals surface area contributed by atoms with Gasteiger partial charge in [0.25, 0.3) is 0 Å². The van der Waals surface area contributed by atoms with E-state index < -0.39 is 11.6 Å². The summed E-state index contributed by atoms with van der Waals surface area (Å²) in [5.74, 6) is 2.10. The largest absolute Gasteiger partial charge is 0.442 e. The van der Waals surface area contributed by atoms with Crippen molar-refractivity contribution in [2.24, 2.45) is 0 Å². The number of carbonyl (C=O) groups excluding carboxylic acids is 1. The molecule has 2 nitrogen and oxygen atoms in total. The minimum Gasteiger partial charge on any atom is -0.442 e. The summed E-state index contributed by atoms with van der Waals surface area (Å²) in [6.07, 6.45) is 5.39. The molecule has 0 aliphatic heterocycles. The SMILES string of the molecule is C#CC(C)(OC(C)=O)c1ccc(Br)cc1. The van der Waals surface area contributed by atoms with Gasteiger partial charge in [-0.15, -0.1) is 6.42 Å². The van der Waals surface area contributed by atoms with Gasteiger partial charge in [0.1, 0.15) is 0 Å². The fourth-order valence-corrected chi connectivity index (χ4v) is 1.49. The maximum Gasteiger partial charge on any atom is 0.304 e. The van der Waals surface area contributed by atoms with Crippen LogP contribution >= 0.6 is 15.9 Å². The molecule has 0 fully saturated rings. The molecule has 78 valence electrons. The summed E-state index contributed by atoms with van der Waals surface area (Å²) in [4.78, 5) is 10.9. The summed E-state index contributed by atoms with van der Waals surface area (Å²) in [7, 11) is 0. The quantitative estimate of drug-likeness (QED) is 0.608. The van der Waals surface area contributed by atoms with Crippen molar-refractivity contribution in [3.8, 4) is 12.3 Å². The van der Waals surface area contributed by atoms with Crippen molar-refractivity contribution in [2.75, 3.05) is 0 Å². The molecule has 0 aromatic heterocycles. The molecule has 15 heavy (non-hydrogen) atoms. The molecule has 0 heterocycles. The van der Waals surface area contributed by atoms with Crippen molar-refractivity contribution < 1.29 is 9.53 Å². The average Bonchev–Trinajstić information content (AvgIpc) is 2.17. The first-order chi connectivity index (χ1) is 6.98. The molecule has 0 aliphatic rings. The van der Waals surface area contributed by atoms with Crippen LogP contribution in [0.5, 0.6) is 0 Å². The summed E-state index contributed by atoms with van der Waals surface area (Å²) >= 11 is 3.33. The Bertz CT molecular complexity index is 403. The second-order valence-electron chi connectivity index (χ2n) is 3.28. The van der Waals surface area contributed by atoms with Crippen LogP contribution in [-0.2, 0) is 15.1 Å². The standard InChI is InChI=1S/C12H11BrO2/c1-4-12(3,15-9(2)14)10-5-7-11(13)8-6-10/h1,5-8H,2-3H3. The van der Waals surface area contributed by atoms with Gasteiger partial charge in [0.15, 0.2) is 5.60 Å². The Hall–Kier alpha value is -1.27. The molecule has 0 bridgehead atoms. The molecule has 0 N–H and O–H groups in total. The predicted octanol–water partition coefficient (Wildman–Crippen LogP) is 2.86. The topological polar surface area (TPSA) is 26.3 Å². The van der Waals surface area contributed by atoms with Gasteiger partial charge in [-0.25, -0.2) is 0 Å². The Morgan fingerprint density at radius 1 is 1.47 bits per heavy atom. The third-order valence-corrected chi connectivity index (χ3v) is 2.55. The Morgan fingerprint density at radius 3 is 2.40 bits per heavy atom. The first-order valence-corrected chi connectivity index (χ1v) is 5.20. The molecule has 0 saturated carbocycles. The minimum absolute atomic E-state index is 0.390. The molecular weight excluding hydrogens is 256 g/mol. The van der Waals surface area contributed by atoms with Gasteiger partial charge in [-0.1, -0.05) is 34.0 Å². The molecule has 3 heteroatoms. The zero-order valence-corrected chi connectivity index (χ0v) is 10.2. The van der Waals surface area contributed by atoms with Crippen molar-refractivity contribution in [1.82, 2.24) is 0 Å². The van der Waals surface area contributed by atoms with Gasteiger partial charge in [0.2, 0.25) is 0 Å². The number of esters is 1. The van der Waals surface area contributed by atoms with Crippen LogP contribution in [0.25, 0.3) is 0 Å². The van der Waals surface area contributed by atoms with E-state index in [0.717, 1.165) is 10.0 Å². The molecular formula is C12H11BrO2. The highest BCUT2D eigenvalue weighted by atomic mass is 79.9. The van der Waals surface area contributed by atoms with Gasteiger partial charge < -0.3 is 4.74 Å². The number of terminal acetylenes is 1. The Labute approximate surface area is 97.8 Å². The maximum atomic E-state index is 10.9. The van der Waals surface area contributed by atoms with Crippen LogP contribution in [0.3, 0.4) is 0 Å². The highest BCUT2D eigenvalue weighted by Gasteiger charge is 2.27. The molecule has 0 aliphatic carbocycles. The molecule has 1 unspecified atom stereocenters. The Balaban J connectivity index is 3.07. The monoisotopic (exact) mass is 266 g/mol. The lowest BCUT2D eigenvalue weighted by Gasteiger charge is -2.23. The first kappa shape index (κ1) is 11.8. The summed E-state index contributed by atoms with van der Waals surface area (Å²) in [6, 6.07) is 7.36. The summed E-state index contributed by atoms with van der Waals surface area (Å²) in [5.41, 5.74) is -0.213. The van der Waals surface area contributed by atoms with Crippen LogP contribution in [0.2, 0.25) is 0 Å². The van der Waals surface area contributed by atoms with Crippen LogP contribution in [0.4, 0.5) is 0 Å². The molecule has 0 amide bonds. The van der Waals surface area contributed by atoms with Crippen LogP contribution < -0.4 is 0 Å². The van der Waals surface area contributed by atoms with E-state index in [0.29, 0.717) is 0 Å². The van der Waals surface area contributed by atoms with E-state index in [1.807, 2.05) is 24.3 Å². The van der Waals surface area contributed by atoms with Gasteiger partial charge in [-0.3, -0.25) is 4.79 Å². The van der Waals surface area contributed by atoms with Gasteiger partial charge in [0.05, 0.1) is 0 Å². The summed E-state index contributed by atoms with van der Waals surface area (Å²) in [5, 5.41) is 0. The number of halogens is 1. The van der Waals surface area contributed by atoms with Crippen molar-refractivity contribution in [2.45, 2.75) is 19.4 Å². The zero-order valence-electron chi connectivity index (χ0n) is 8.58. The highest BCUT2D eigenvalue weighted by molar-refractivity contribution is 9.10. The van der Waals surface area contributed by atoms with Crippen molar-refractivity contribution in [3.63, 3.8) is 0 Å². The minimum atomic E-state index is -0.994. The van der Waals surface area contributed by atoms with E-state index in [1.165, 1.54) is 6.92 Å².